The Bertz CT molecular complexity index is 958. The maximum Gasteiger partial charge on any atom is 0.410 e. The van der Waals surface area contributed by atoms with E-state index in [1.54, 1.807) is 4.90 Å². The highest BCUT2D eigenvalue weighted by atomic mass is 16.6. The SMILES string of the molecule is C/C(=C\C=C\[C@@H](C)COC(=O)N1CC[C@@H](O)C1)[C@H]1NC(=O)CCCCC[C@@H](OC(=O)N2CCN(C)CC2)/C=C/[C@@H]1C. The predicted molar refractivity (Wildman–Crippen MR) is 158 cm³/mol. The fraction of sp³-hybridized carbons (Fsp3) is 0.710. The molecule has 10 heteroatoms. The van der Waals surface area contributed by atoms with Crippen molar-refractivity contribution in [2.75, 3.05) is 52.9 Å². The molecule has 41 heavy (non-hydrogen) atoms. The van der Waals surface area contributed by atoms with Gasteiger partial charge in [0.05, 0.1) is 18.8 Å². The van der Waals surface area contributed by atoms with Crippen LogP contribution in [0.2, 0.25) is 0 Å². The molecule has 3 amide bonds. The Labute approximate surface area is 245 Å². The number of carbonyl (C=O) groups excluding carboxylic acids is 3. The third-order valence-corrected chi connectivity index (χ3v) is 8.06. The molecule has 0 bridgehead atoms. The van der Waals surface area contributed by atoms with Crippen LogP contribution in [0, 0.1) is 11.8 Å². The molecule has 0 spiro atoms. The summed E-state index contributed by atoms with van der Waals surface area (Å²) in [6.45, 7) is 10.2. The number of likely N-dealkylation sites (tertiary alicyclic amines) is 1. The fourth-order valence-electron chi connectivity index (χ4n) is 5.27. The Morgan fingerprint density at radius 1 is 1.07 bits per heavy atom. The standard InChI is InChI=1S/C31H50N4O6/c1-23(22-40-30(38)35-16-15-26(36)21-35)9-8-10-24(2)29-25(3)13-14-27(11-6-5-7-12-28(37)32-29)41-31(39)34-19-17-33(4)18-20-34/h8-10,13-14,23,25-27,29,36H,5-7,11-12,15-22H2,1-4H3,(H,32,37)/b9-8+,14-13+,24-10+/t23-,25+,26-,27-,29-/m1/s1. The summed E-state index contributed by atoms with van der Waals surface area (Å²) in [5.41, 5.74) is 1.00. The van der Waals surface area contributed by atoms with Gasteiger partial charge in [-0.2, -0.15) is 0 Å². The van der Waals surface area contributed by atoms with Crippen LogP contribution in [0.25, 0.3) is 0 Å². The number of β-amino-alcohol motifs (C(OH)–C–C–N with tert-alkyl or cyclic N) is 1. The van der Waals surface area contributed by atoms with Gasteiger partial charge in [-0.05, 0) is 51.6 Å². The molecule has 0 unspecified atom stereocenters. The van der Waals surface area contributed by atoms with E-state index < -0.39 is 12.2 Å². The summed E-state index contributed by atoms with van der Waals surface area (Å²) >= 11 is 0. The molecule has 2 N–H and O–H groups in total. The highest BCUT2D eigenvalue weighted by Crippen LogP contribution is 2.20. The van der Waals surface area contributed by atoms with Crippen LogP contribution in [0.3, 0.4) is 0 Å². The lowest BCUT2D eigenvalue weighted by atomic mass is 9.92. The van der Waals surface area contributed by atoms with E-state index in [9.17, 15) is 19.5 Å². The number of aliphatic hydroxyl groups is 1. The lowest BCUT2D eigenvalue weighted by molar-refractivity contribution is -0.121. The van der Waals surface area contributed by atoms with Crippen molar-refractivity contribution in [3.05, 3.63) is 36.0 Å². The summed E-state index contributed by atoms with van der Waals surface area (Å²) in [5, 5.41) is 12.8. The highest BCUT2D eigenvalue weighted by molar-refractivity contribution is 5.76. The molecular formula is C31H50N4O6. The predicted octanol–water partition coefficient (Wildman–Crippen LogP) is 3.72. The molecule has 3 heterocycles. The molecule has 0 aromatic carbocycles. The minimum absolute atomic E-state index is 0.00879. The van der Waals surface area contributed by atoms with Gasteiger partial charge >= 0.3 is 12.2 Å². The fourth-order valence-corrected chi connectivity index (χ4v) is 5.27. The Balaban J connectivity index is 1.59. The van der Waals surface area contributed by atoms with E-state index in [-0.39, 0.29) is 42.6 Å². The van der Waals surface area contributed by atoms with Gasteiger partial charge in [-0.25, -0.2) is 9.59 Å². The van der Waals surface area contributed by atoms with E-state index in [2.05, 4.69) is 24.2 Å². The molecule has 2 fully saturated rings. The summed E-state index contributed by atoms with van der Waals surface area (Å²) in [6, 6.07) is -0.202. The Kier molecular flexibility index (Phi) is 13.2. The molecule has 5 atom stereocenters. The van der Waals surface area contributed by atoms with Crippen molar-refractivity contribution < 1.29 is 29.0 Å². The van der Waals surface area contributed by atoms with Crippen molar-refractivity contribution in [1.82, 2.24) is 20.0 Å². The number of likely N-dealkylation sites (N-methyl/N-ethyl adjacent to an activating group) is 1. The number of rotatable bonds is 6. The first kappa shape index (κ1) is 32.7. The molecule has 2 saturated heterocycles. The van der Waals surface area contributed by atoms with Crippen molar-refractivity contribution in [3.63, 3.8) is 0 Å². The normalized spacial score (nSPS) is 28.9. The van der Waals surface area contributed by atoms with Crippen LogP contribution in [0.15, 0.2) is 36.0 Å². The molecule has 0 aromatic rings. The van der Waals surface area contributed by atoms with Crippen molar-refractivity contribution in [3.8, 4) is 0 Å². The summed E-state index contributed by atoms with van der Waals surface area (Å²) in [6.07, 6.45) is 12.9. The number of ether oxygens (including phenoxy) is 2. The molecule has 0 aliphatic carbocycles. The van der Waals surface area contributed by atoms with Crippen LogP contribution < -0.4 is 5.32 Å². The average Bonchev–Trinajstić information content (AvgIpc) is 3.38. The van der Waals surface area contributed by atoms with E-state index >= 15 is 0 Å². The number of aliphatic hydroxyl groups excluding tert-OH is 1. The third-order valence-electron chi connectivity index (χ3n) is 8.06. The second-order valence-electron chi connectivity index (χ2n) is 11.8. The molecule has 10 nitrogen and oxygen atoms in total. The number of nitrogens with zero attached hydrogens (tertiary/aromatic N) is 3. The number of hydrogen-bond donors (Lipinski definition) is 2. The van der Waals surface area contributed by atoms with Crippen LogP contribution >= 0.6 is 0 Å². The monoisotopic (exact) mass is 574 g/mol. The van der Waals surface area contributed by atoms with Crippen LogP contribution in [-0.4, -0.2) is 109 Å². The van der Waals surface area contributed by atoms with Crippen LogP contribution in [0.5, 0.6) is 0 Å². The molecule has 230 valence electrons. The maximum atomic E-state index is 12.8. The summed E-state index contributed by atoms with van der Waals surface area (Å²) < 4.78 is 11.3. The molecule has 3 aliphatic rings. The van der Waals surface area contributed by atoms with Gasteiger partial charge in [-0.3, -0.25) is 4.79 Å². The molecule has 3 aliphatic heterocycles. The Morgan fingerprint density at radius 2 is 1.83 bits per heavy atom. The smallest absolute Gasteiger partial charge is 0.410 e. The quantitative estimate of drug-likeness (QED) is 0.367. The topological polar surface area (TPSA) is 112 Å². The number of amides is 3. The van der Waals surface area contributed by atoms with Gasteiger partial charge in [0, 0.05) is 51.6 Å². The van der Waals surface area contributed by atoms with Gasteiger partial charge in [0.2, 0.25) is 5.91 Å². The molecule has 0 radical (unpaired) electrons. The van der Waals surface area contributed by atoms with Gasteiger partial charge in [0.25, 0.3) is 0 Å². The lowest BCUT2D eigenvalue weighted by Crippen LogP contribution is -2.47. The second kappa shape index (κ2) is 16.6. The average molecular weight is 575 g/mol. The summed E-state index contributed by atoms with van der Waals surface area (Å²) in [5.74, 6) is 0.0365. The van der Waals surface area contributed by atoms with Gasteiger partial charge in [0.1, 0.15) is 6.10 Å². The van der Waals surface area contributed by atoms with Crippen molar-refractivity contribution in [2.24, 2.45) is 11.8 Å². The second-order valence-corrected chi connectivity index (χ2v) is 11.8. The van der Waals surface area contributed by atoms with Crippen LogP contribution in [0.1, 0.15) is 59.3 Å². The van der Waals surface area contributed by atoms with Gasteiger partial charge in [0.15, 0.2) is 0 Å². The van der Waals surface area contributed by atoms with E-state index in [1.165, 1.54) is 4.90 Å². The lowest BCUT2D eigenvalue weighted by Gasteiger charge is -2.32. The first-order valence-corrected chi connectivity index (χ1v) is 15.2. The minimum Gasteiger partial charge on any atom is -0.449 e. The Morgan fingerprint density at radius 3 is 2.54 bits per heavy atom. The molecule has 0 saturated carbocycles. The number of piperazine rings is 1. The van der Waals surface area contributed by atoms with Crippen LogP contribution in [-0.2, 0) is 14.3 Å². The maximum absolute atomic E-state index is 12.8. The van der Waals surface area contributed by atoms with Gasteiger partial charge in [-0.15, -0.1) is 0 Å². The van der Waals surface area contributed by atoms with Crippen molar-refractivity contribution >= 4 is 18.1 Å². The number of hydrogen-bond acceptors (Lipinski definition) is 7. The highest BCUT2D eigenvalue weighted by Gasteiger charge is 2.26. The zero-order valence-corrected chi connectivity index (χ0v) is 25.3. The summed E-state index contributed by atoms with van der Waals surface area (Å²) in [4.78, 5) is 43.2. The zero-order chi connectivity index (χ0) is 29.8. The van der Waals surface area contributed by atoms with Crippen LogP contribution in [0.4, 0.5) is 9.59 Å². The van der Waals surface area contributed by atoms with Gasteiger partial charge in [-0.1, -0.05) is 50.1 Å². The number of allylic oxidation sites excluding steroid dienone is 2. The first-order valence-electron chi connectivity index (χ1n) is 15.2. The molecular weight excluding hydrogens is 524 g/mol. The van der Waals surface area contributed by atoms with Crippen molar-refractivity contribution in [1.29, 1.82) is 0 Å². The van der Waals surface area contributed by atoms with E-state index in [0.717, 1.165) is 44.3 Å². The third kappa shape index (κ3) is 11.2. The molecule has 0 aromatic heterocycles. The first-order chi connectivity index (χ1) is 19.6. The van der Waals surface area contributed by atoms with E-state index in [1.807, 2.05) is 44.2 Å². The molecule has 3 rings (SSSR count). The summed E-state index contributed by atoms with van der Waals surface area (Å²) in [7, 11) is 2.06. The Hall–Kier alpha value is -2.85. The number of carbonyl (C=O) groups is 3. The van der Waals surface area contributed by atoms with E-state index in [0.29, 0.717) is 39.0 Å². The van der Waals surface area contributed by atoms with Gasteiger partial charge < -0.3 is 34.6 Å². The van der Waals surface area contributed by atoms with E-state index in [4.69, 9.17) is 9.47 Å². The minimum atomic E-state index is -0.468. The zero-order valence-electron chi connectivity index (χ0n) is 25.3. The van der Waals surface area contributed by atoms with Crippen molar-refractivity contribution in [2.45, 2.75) is 77.5 Å². The largest absolute Gasteiger partial charge is 0.449 e. The number of nitrogens with one attached hydrogen (secondary N) is 1.